The Morgan fingerprint density at radius 3 is 3.00 bits per heavy atom. The molecule has 0 spiro atoms. The van der Waals surface area contributed by atoms with Crippen molar-refractivity contribution in [1.82, 2.24) is 10.2 Å². The third-order valence-corrected chi connectivity index (χ3v) is 3.14. The largest absolute Gasteiger partial charge is 0.394 e. The molecule has 0 radical (unpaired) electrons. The number of β-amino-alcohol motifs (C(OH)–C–C–N with tert-alkyl or cyclic N) is 1. The highest BCUT2D eigenvalue weighted by Gasteiger charge is 2.20. The van der Waals surface area contributed by atoms with Gasteiger partial charge >= 0.3 is 0 Å². The van der Waals surface area contributed by atoms with E-state index in [0.29, 0.717) is 12.5 Å². The molecule has 1 saturated heterocycles. The van der Waals surface area contributed by atoms with Gasteiger partial charge in [-0.3, -0.25) is 0 Å². The zero-order valence-electron chi connectivity index (χ0n) is 10.4. The fraction of sp³-hybridized carbons (Fsp3) is 1.00. The minimum atomic E-state index is -0.581. The van der Waals surface area contributed by atoms with Crippen molar-refractivity contribution in [1.29, 1.82) is 0 Å². The molecule has 0 aliphatic carbocycles. The molecule has 1 rings (SSSR count). The standard InChI is InChI=1S/C12H26N2O2/c1-2-5-13-7-11-4-3-6-14(8-11)9-12(16)10-15/h11-13,15-16H,2-10H2,1H3. The van der Waals surface area contributed by atoms with E-state index in [0.717, 1.165) is 26.2 Å². The molecule has 2 unspecified atom stereocenters. The second-order valence-electron chi connectivity index (χ2n) is 4.81. The summed E-state index contributed by atoms with van der Waals surface area (Å²) in [7, 11) is 0. The third-order valence-electron chi connectivity index (χ3n) is 3.14. The molecule has 0 saturated carbocycles. The Balaban J connectivity index is 2.19. The van der Waals surface area contributed by atoms with Crippen LogP contribution in [0.25, 0.3) is 0 Å². The van der Waals surface area contributed by atoms with Gasteiger partial charge in [-0.15, -0.1) is 0 Å². The van der Waals surface area contributed by atoms with Crippen LogP contribution < -0.4 is 5.32 Å². The molecule has 1 aliphatic rings. The summed E-state index contributed by atoms with van der Waals surface area (Å²) < 4.78 is 0. The number of hydrogen-bond donors (Lipinski definition) is 3. The van der Waals surface area contributed by atoms with E-state index in [1.54, 1.807) is 0 Å². The molecule has 2 atom stereocenters. The normalized spacial score (nSPS) is 24.6. The summed E-state index contributed by atoms with van der Waals surface area (Å²) in [6, 6.07) is 0. The third kappa shape index (κ3) is 5.25. The lowest BCUT2D eigenvalue weighted by Gasteiger charge is -2.33. The van der Waals surface area contributed by atoms with E-state index in [1.807, 2.05) is 0 Å². The highest BCUT2D eigenvalue weighted by molar-refractivity contribution is 4.76. The number of likely N-dealkylation sites (tertiary alicyclic amines) is 1. The fourth-order valence-electron chi connectivity index (χ4n) is 2.32. The maximum absolute atomic E-state index is 9.40. The quantitative estimate of drug-likeness (QED) is 0.541. The molecule has 0 aromatic carbocycles. The first kappa shape index (κ1) is 13.9. The Kier molecular flexibility index (Phi) is 6.96. The van der Waals surface area contributed by atoms with Gasteiger partial charge in [0.15, 0.2) is 0 Å². The molecule has 1 fully saturated rings. The van der Waals surface area contributed by atoms with Gasteiger partial charge in [-0.25, -0.2) is 0 Å². The van der Waals surface area contributed by atoms with Crippen molar-refractivity contribution in [2.24, 2.45) is 5.92 Å². The van der Waals surface area contributed by atoms with Crippen molar-refractivity contribution in [3.05, 3.63) is 0 Å². The van der Waals surface area contributed by atoms with Crippen LogP contribution in [0.5, 0.6) is 0 Å². The number of rotatable bonds is 7. The van der Waals surface area contributed by atoms with Gasteiger partial charge in [0.2, 0.25) is 0 Å². The van der Waals surface area contributed by atoms with Crippen molar-refractivity contribution in [3.8, 4) is 0 Å². The highest BCUT2D eigenvalue weighted by Crippen LogP contribution is 2.15. The zero-order valence-corrected chi connectivity index (χ0v) is 10.4. The fourth-order valence-corrected chi connectivity index (χ4v) is 2.32. The summed E-state index contributed by atoms with van der Waals surface area (Å²) >= 11 is 0. The highest BCUT2D eigenvalue weighted by atomic mass is 16.3. The number of aliphatic hydroxyl groups excluding tert-OH is 2. The molecule has 96 valence electrons. The maximum Gasteiger partial charge on any atom is 0.0897 e. The van der Waals surface area contributed by atoms with Crippen LogP contribution in [0.3, 0.4) is 0 Å². The summed E-state index contributed by atoms with van der Waals surface area (Å²) in [4.78, 5) is 2.27. The monoisotopic (exact) mass is 230 g/mol. The molecule has 1 aliphatic heterocycles. The average Bonchev–Trinajstić information content (AvgIpc) is 2.30. The molecule has 4 nitrogen and oxygen atoms in total. The lowest BCUT2D eigenvalue weighted by molar-refractivity contribution is 0.0445. The van der Waals surface area contributed by atoms with E-state index in [2.05, 4.69) is 17.1 Å². The molecular formula is C12H26N2O2. The second-order valence-corrected chi connectivity index (χ2v) is 4.81. The van der Waals surface area contributed by atoms with Crippen molar-refractivity contribution in [2.75, 3.05) is 39.3 Å². The molecule has 0 aromatic heterocycles. The first-order chi connectivity index (χ1) is 7.76. The Morgan fingerprint density at radius 2 is 2.31 bits per heavy atom. The Labute approximate surface area is 98.6 Å². The topological polar surface area (TPSA) is 55.7 Å². The predicted molar refractivity (Wildman–Crippen MR) is 65.4 cm³/mol. The molecular weight excluding hydrogens is 204 g/mol. The Hall–Kier alpha value is -0.160. The van der Waals surface area contributed by atoms with Gasteiger partial charge in [0, 0.05) is 13.1 Å². The summed E-state index contributed by atoms with van der Waals surface area (Å²) in [6.07, 6.45) is 3.08. The van der Waals surface area contributed by atoms with Crippen LogP contribution in [0.4, 0.5) is 0 Å². The van der Waals surface area contributed by atoms with E-state index >= 15 is 0 Å². The van der Waals surface area contributed by atoms with Crippen LogP contribution in [-0.2, 0) is 0 Å². The first-order valence-electron chi connectivity index (χ1n) is 6.48. The van der Waals surface area contributed by atoms with Crippen molar-refractivity contribution in [3.63, 3.8) is 0 Å². The molecule has 16 heavy (non-hydrogen) atoms. The number of aliphatic hydroxyl groups is 2. The van der Waals surface area contributed by atoms with Crippen molar-refractivity contribution < 1.29 is 10.2 Å². The summed E-state index contributed by atoms with van der Waals surface area (Å²) in [6.45, 7) is 6.94. The summed E-state index contributed by atoms with van der Waals surface area (Å²) in [5.41, 5.74) is 0. The lowest BCUT2D eigenvalue weighted by atomic mass is 9.97. The van der Waals surface area contributed by atoms with Gasteiger partial charge in [0.1, 0.15) is 0 Å². The molecule has 0 aromatic rings. The van der Waals surface area contributed by atoms with Gasteiger partial charge in [-0.05, 0) is 44.8 Å². The molecule has 0 amide bonds. The van der Waals surface area contributed by atoms with Crippen LogP contribution in [-0.4, -0.2) is 60.5 Å². The Morgan fingerprint density at radius 1 is 1.50 bits per heavy atom. The minimum Gasteiger partial charge on any atom is -0.394 e. The predicted octanol–water partition coefficient (Wildman–Crippen LogP) is 0.0512. The van der Waals surface area contributed by atoms with E-state index < -0.39 is 6.10 Å². The van der Waals surface area contributed by atoms with Gasteiger partial charge in [-0.1, -0.05) is 6.92 Å². The maximum atomic E-state index is 9.40. The van der Waals surface area contributed by atoms with Crippen LogP contribution in [0.15, 0.2) is 0 Å². The lowest BCUT2D eigenvalue weighted by Crippen LogP contribution is -2.43. The first-order valence-corrected chi connectivity index (χ1v) is 6.48. The number of nitrogens with one attached hydrogen (secondary N) is 1. The van der Waals surface area contributed by atoms with Crippen LogP contribution in [0, 0.1) is 5.92 Å². The number of piperidine rings is 1. The van der Waals surface area contributed by atoms with Crippen LogP contribution in [0.2, 0.25) is 0 Å². The van der Waals surface area contributed by atoms with Gasteiger partial charge in [0.05, 0.1) is 12.7 Å². The molecule has 1 heterocycles. The minimum absolute atomic E-state index is 0.130. The van der Waals surface area contributed by atoms with Crippen molar-refractivity contribution in [2.45, 2.75) is 32.3 Å². The molecule has 0 bridgehead atoms. The molecule has 3 N–H and O–H groups in total. The summed E-state index contributed by atoms with van der Waals surface area (Å²) in [5, 5.41) is 21.7. The number of hydrogen-bond acceptors (Lipinski definition) is 4. The van der Waals surface area contributed by atoms with E-state index in [9.17, 15) is 5.11 Å². The van der Waals surface area contributed by atoms with E-state index in [1.165, 1.54) is 19.3 Å². The van der Waals surface area contributed by atoms with Gasteiger partial charge in [-0.2, -0.15) is 0 Å². The summed E-state index contributed by atoms with van der Waals surface area (Å²) in [5.74, 6) is 0.700. The van der Waals surface area contributed by atoms with Crippen LogP contribution in [0.1, 0.15) is 26.2 Å². The second kappa shape index (κ2) is 8.01. The SMILES string of the molecule is CCCNCC1CCCN(CC(O)CO)C1. The van der Waals surface area contributed by atoms with Gasteiger partial charge in [0.25, 0.3) is 0 Å². The van der Waals surface area contributed by atoms with E-state index in [4.69, 9.17) is 5.11 Å². The van der Waals surface area contributed by atoms with Crippen molar-refractivity contribution >= 4 is 0 Å². The average molecular weight is 230 g/mol. The van der Waals surface area contributed by atoms with Crippen LogP contribution >= 0.6 is 0 Å². The van der Waals surface area contributed by atoms with E-state index in [-0.39, 0.29) is 6.61 Å². The Bertz CT molecular complexity index is 178. The molecule has 4 heteroatoms. The number of nitrogens with zero attached hydrogens (tertiary/aromatic N) is 1. The zero-order chi connectivity index (χ0) is 11.8. The van der Waals surface area contributed by atoms with Gasteiger partial charge < -0.3 is 20.4 Å². The smallest absolute Gasteiger partial charge is 0.0897 e.